The van der Waals surface area contributed by atoms with Crippen LogP contribution in [0.2, 0.25) is 0 Å². The minimum absolute atomic E-state index is 0.318. The van der Waals surface area contributed by atoms with Crippen molar-refractivity contribution in [3.8, 4) is 5.75 Å². The Bertz CT molecular complexity index is 441. The zero-order valence-electron chi connectivity index (χ0n) is 11.8. The van der Waals surface area contributed by atoms with Gasteiger partial charge in [0.2, 0.25) is 0 Å². The van der Waals surface area contributed by atoms with E-state index < -0.39 is 0 Å². The normalized spacial score (nSPS) is 30.9. The van der Waals surface area contributed by atoms with E-state index >= 15 is 0 Å². The lowest BCUT2D eigenvalue weighted by molar-refractivity contribution is -0.0163. The number of phenolic OH excluding ortho intramolecular Hbond substituents is 1. The van der Waals surface area contributed by atoms with Crippen LogP contribution in [0.4, 0.5) is 0 Å². The summed E-state index contributed by atoms with van der Waals surface area (Å²) >= 11 is 0. The fourth-order valence-corrected chi connectivity index (χ4v) is 3.70. The maximum Gasteiger partial charge on any atom is 0.119 e. The fourth-order valence-electron chi connectivity index (χ4n) is 3.70. The minimum Gasteiger partial charge on any atom is -0.508 e. The molecule has 19 heavy (non-hydrogen) atoms. The van der Waals surface area contributed by atoms with Gasteiger partial charge in [0.05, 0.1) is 6.10 Å². The van der Waals surface area contributed by atoms with Crippen molar-refractivity contribution in [1.29, 1.82) is 0 Å². The summed E-state index contributed by atoms with van der Waals surface area (Å²) in [5.41, 5.74) is 2.45. The van der Waals surface area contributed by atoms with Crippen LogP contribution in [-0.4, -0.2) is 17.8 Å². The van der Waals surface area contributed by atoms with Gasteiger partial charge in [0.15, 0.2) is 0 Å². The van der Waals surface area contributed by atoms with Gasteiger partial charge >= 0.3 is 0 Å². The first-order chi connectivity index (χ1) is 9.28. The van der Waals surface area contributed by atoms with E-state index in [2.05, 4.69) is 13.0 Å². The number of hydrogen-bond acceptors (Lipinski definition) is 2. The van der Waals surface area contributed by atoms with Gasteiger partial charge in [-0.1, -0.05) is 31.9 Å². The fraction of sp³-hybridized carbons (Fsp3) is 0.647. The van der Waals surface area contributed by atoms with Crippen molar-refractivity contribution < 1.29 is 9.84 Å². The first-order valence-corrected chi connectivity index (χ1v) is 7.69. The molecule has 3 rings (SSSR count). The molecule has 0 radical (unpaired) electrons. The molecular formula is C17H24O2. The standard InChI is InChI=1S/C17H24O2/c1-2-12-6-7-14-10-13-4-3-5-16(18)15(13)11-17(14)19-9-8-12/h3-5,12,14,17-18H,2,6-11H2,1H3/t12?,14-,17-/m1/s1. The van der Waals surface area contributed by atoms with E-state index in [-0.39, 0.29) is 0 Å². The van der Waals surface area contributed by atoms with Gasteiger partial charge in [0.25, 0.3) is 0 Å². The first-order valence-electron chi connectivity index (χ1n) is 7.69. The summed E-state index contributed by atoms with van der Waals surface area (Å²) < 4.78 is 6.12. The Labute approximate surface area is 115 Å². The van der Waals surface area contributed by atoms with Gasteiger partial charge in [-0.2, -0.15) is 0 Å². The number of hydrogen-bond donors (Lipinski definition) is 1. The highest BCUT2D eigenvalue weighted by molar-refractivity contribution is 5.41. The molecule has 2 aliphatic rings. The van der Waals surface area contributed by atoms with Gasteiger partial charge in [-0.3, -0.25) is 0 Å². The van der Waals surface area contributed by atoms with E-state index in [0.717, 1.165) is 30.9 Å². The van der Waals surface area contributed by atoms with Gasteiger partial charge in [0, 0.05) is 13.0 Å². The van der Waals surface area contributed by atoms with Gasteiger partial charge < -0.3 is 9.84 Å². The summed E-state index contributed by atoms with van der Waals surface area (Å²) in [6.07, 6.45) is 7.38. The molecule has 1 aromatic carbocycles. The second-order valence-corrected chi connectivity index (χ2v) is 6.13. The molecule has 1 N–H and O–H groups in total. The maximum absolute atomic E-state index is 10.00. The molecule has 1 aliphatic carbocycles. The van der Waals surface area contributed by atoms with Crippen LogP contribution in [-0.2, 0) is 17.6 Å². The van der Waals surface area contributed by atoms with Crippen molar-refractivity contribution in [3.63, 3.8) is 0 Å². The summed E-state index contributed by atoms with van der Waals surface area (Å²) in [5.74, 6) is 1.93. The topological polar surface area (TPSA) is 29.5 Å². The van der Waals surface area contributed by atoms with Crippen LogP contribution in [0.5, 0.6) is 5.75 Å². The van der Waals surface area contributed by atoms with Crippen LogP contribution in [0.3, 0.4) is 0 Å². The van der Waals surface area contributed by atoms with E-state index in [0.29, 0.717) is 17.8 Å². The van der Waals surface area contributed by atoms with Crippen LogP contribution >= 0.6 is 0 Å². The van der Waals surface area contributed by atoms with Crippen LogP contribution in [0.25, 0.3) is 0 Å². The largest absolute Gasteiger partial charge is 0.508 e. The lowest BCUT2D eigenvalue weighted by atomic mass is 9.77. The molecule has 0 amide bonds. The smallest absolute Gasteiger partial charge is 0.119 e. The SMILES string of the molecule is CCC1CCO[C@@H]2Cc3c(O)cccc3C[C@H]2CC1. The lowest BCUT2D eigenvalue weighted by Gasteiger charge is -2.36. The molecular weight excluding hydrogens is 236 g/mol. The van der Waals surface area contributed by atoms with Crippen molar-refractivity contribution in [2.45, 2.75) is 51.6 Å². The third kappa shape index (κ3) is 2.64. The molecule has 0 bridgehead atoms. The van der Waals surface area contributed by atoms with Crippen LogP contribution in [0.15, 0.2) is 18.2 Å². The minimum atomic E-state index is 0.318. The molecule has 104 valence electrons. The molecule has 1 fully saturated rings. The number of fused-ring (bicyclic) bond motifs is 2. The first kappa shape index (κ1) is 13.0. The molecule has 0 spiro atoms. The predicted octanol–water partition coefficient (Wildman–Crippen LogP) is 3.70. The number of ether oxygens (including phenoxy) is 1. The Hall–Kier alpha value is -1.02. The Kier molecular flexibility index (Phi) is 3.79. The highest BCUT2D eigenvalue weighted by Crippen LogP contribution is 2.37. The number of phenols is 1. The van der Waals surface area contributed by atoms with E-state index in [9.17, 15) is 5.11 Å². The zero-order chi connectivity index (χ0) is 13.2. The van der Waals surface area contributed by atoms with Crippen molar-refractivity contribution in [2.75, 3.05) is 6.61 Å². The van der Waals surface area contributed by atoms with Crippen LogP contribution in [0, 0.1) is 11.8 Å². The summed E-state index contributed by atoms with van der Waals surface area (Å²) in [6.45, 7) is 3.18. The van der Waals surface area contributed by atoms with Gasteiger partial charge in [-0.25, -0.2) is 0 Å². The summed E-state index contributed by atoms with van der Waals surface area (Å²) in [6, 6.07) is 5.93. The number of rotatable bonds is 1. The second kappa shape index (κ2) is 5.54. The van der Waals surface area contributed by atoms with E-state index in [1.807, 2.05) is 6.07 Å². The second-order valence-electron chi connectivity index (χ2n) is 6.13. The third-order valence-electron chi connectivity index (χ3n) is 5.04. The highest BCUT2D eigenvalue weighted by Gasteiger charge is 2.32. The Morgan fingerprint density at radius 2 is 2.11 bits per heavy atom. The quantitative estimate of drug-likeness (QED) is 0.834. The monoisotopic (exact) mass is 260 g/mol. The molecule has 3 atom stereocenters. The number of benzene rings is 1. The number of aromatic hydroxyl groups is 1. The van der Waals surface area contributed by atoms with Gasteiger partial charge in [-0.05, 0) is 48.3 Å². The van der Waals surface area contributed by atoms with Crippen molar-refractivity contribution in [1.82, 2.24) is 0 Å². The molecule has 1 aliphatic heterocycles. The van der Waals surface area contributed by atoms with E-state index in [1.165, 1.54) is 31.2 Å². The van der Waals surface area contributed by atoms with Crippen LogP contribution in [0.1, 0.15) is 43.7 Å². The molecule has 1 unspecified atom stereocenters. The molecule has 2 nitrogen and oxygen atoms in total. The van der Waals surface area contributed by atoms with Crippen molar-refractivity contribution in [2.24, 2.45) is 11.8 Å². The molecule has 1 saturated heterocycles. The average Bonchev–Trinajstić information content (AvgIpc) is 2.40. The van der Waals surface area contributed by atoms with Crippen molar-refractivity contribution in [3.05, 3.63) is 29.3 Å². The van der Waals surface area contributed by atoms with Gasteiger partial charge in [-0.15, -0.1) is 0 Å². The Balaban J connectivity index is 1.79. The zero-order valence-corrected chi connectivity index (χ0v) is 11.8. The molecule has 2 heteroatoms. The lowest BCUT2D eigenvalue weighted by Crippen LogP contribution is -2.35. The molecule has 0 aromatic heterocycles. The summed E-state index contributed by atoms with van der Waals surface area (Å²) in [4.78, 5) is 0. The predicted molar refractivity (Wildman–Crippen MR) is 76.4 cm³/mol. The van der Waals surface area contributed by atoms with Crippen LogP contribution < -0.4 is 0 Å². The molecule has 1 aromatic rings. The Morgan fingerprint density at radius 3 is 2.95 bits per heavy atom. The van der Waals surface area contributed by atoms with Crippen molar-refractivity contribution >= 4 is 0 Å². The molecule has 0 saturated carbocycles. The van der Waals surface area contributed by atoms with Gasteiger partial charge in [0.1, 0.15) is 5.75 Å². The summed E-state index contributed by atoms with van der Waals surface area (Å²) in [5, 5.41) is 10.00. The van der Waals surface area contributed by atoms with E-state index in [4.69, 9.17) is 4.74 Å². The highest BCUT2D eigenvalue weighted by atomic mass is 16.5. The average molecular weight is 260 g/mol. The maximum atomic E-state index is 10.00. The third-order valence-corrected chi connectivity index (χ3v) is 5.04. The molecule has 1 heterocycles. The van der Waals surface area contributed by atoms with E-state index in [1.54, 1.807) is 6.07 Å². The Morgan fingerprint density at radius 1 is 1.21 bits per heavy atom. The summed E-state index contributed by atoms with van der Waals surface area (Å²) in [7, 11) is 0.